The second-order valence-corrected chi connectivity index (χ2v) is 18.9. The Labute approximate surface area is 458 Å². The van der Waals surface area contributed by atoms with Crippen LogP contribution in [0.1, 0.15) is 45.6 Å². The molecule has 0 atom stereocenters. The Morgan fingerprint density at radius 3 is 1.65 bits per heavy atom. The SMILES string of the molecule is C.O=C1Cc2ccc(-c3cccc(CC(=O)c4cccn(Cc5ccc(F)c(F)c5)c4=O)c3)cc2N1.O=C1Cc2ccc(-c3cccc([N+](=O)[O-])c3)cc2N1.O=C1Cc2ccc(I)cc2N1.O=[N+]([O-])c1cccc(B(O)O)c1. The number of pyridine rings is 1. The highest BCUT2D eigenvalue weighted by Crippen LogP contribution is 2.32. The van der Waals surface area contributed by atoms with Gasteiger partial charge in [-0.25, -0.2) is 8.78 Å². The van der Waals surface area contributed by atoms with E-state index < -0.39 is 34.2 Å². The smallest absolute Gasteiger partial charge is 0.423 e. The van der Waals surface area contributed by atoms with Crippen molar-refractivity contribution in [1.29, 1.82) is 0 Å². The number of amides is 3. The number of carbonyl (C=O) groups excluding carboxylic acids is 4. The van der Waals surface area contributed by atoms with Crippen molar-refractivity contribution in [3.8, 4) is 22.3 Å². The van der Waals surface area contributed by atoms with Gasteiger partial charge >= 0.3 is 7.12 Å². The molecule has 3 amide bonds. The molecule has 0 unspecified atom stereocenters. The Balaban J connectivity index is 0.000000171. The van der Waals surface area contributed by atoms with Gasteiger partial charge in [0, 0.05) is 57.5 Å². The van der Waals surface area contributed by atoms with Crippen LogP contribution in [0, 0.1) is 35.4 Å². The fraction of sp³-hybridized carbons (Fsp3) is 0.105. The van der Waals surface area contributed by atoms with Crippen LogP contribution in [0.25, 0.3) is 22.3 Å². The molecule has 0 bridgehead atoms. The number of non-ortho nitro benzene ring substituents is 2. The van der Waals surface area contributed by atoms with Crippen molar-refractivity contribution >= 4 is 87.1 Å². The van der Waals surface area contributed by atoms with Crippen molar-refractivity contribution in [3.63, 3.8) is 0 Å². The fourth-order valence-corrected chi connectivity index (χ4v) is 8.91. The Bertz CT molecular complexity index is 3730. The topological polar surface area (TPSA) is 253 Å². The first-order chi connectivity index (χ1) is 36.9. The van der Waals surface area contributed by atoms with Crippen LogP contribution >= 0.6 is 22.6 Å². The van der Waals surface area contributed by atoms with E-state index in [2.05, 4.69) is 38.5 Å². The van der Waals surface area contributed by atoms with Gasteiger partial charge in [0.1, 0.15) is 0 Å². The number of nitro groups is 2. The maximum absolute atomic E-state index is 13.5. The van der Waals surface area contributed by atoms with Crippen LogP contribution in [0.5, 0.6) is 0 Å². The van der Waals surface area contributed by atoms with E-state index in [1.807, 2.05) is 84.9 Å². The molecule has 78 heavy (non-hydrogen) atoms. The molecular weight excluding hydrogens is 1120 g/mol. The van der Waals surface area contributed by atoms with Crippen molar-refractivity contribution in [2.24, 2.45) is 0 Å². The van der Waals surface area contributed by atoms with Crippen LogP contribution < -0.4 is 27.0 Å². The number of halogens is 3. The lowest BCUT2D eigenvalue weighted by molar-refractivity contribution is -0.385. The number of Topliss-reactive ketones (excluding diaryl/α,β-unsaturated/α-hetero) is 1. The number of hydrogen-bond acceptors (Lipinski definition) is 11. The van der Waals surface area contributed by atoms with Crippen LogP contribution in [0.3, 0.4) is 0 Å². The van der Waals surface area contributed by atoms with E-state index in [1.165, 1.54) is 53.2 Å². The molecule has 0 saturated heterocycles. The summed E-state index contributed by atoms with van der Waals surface area (Å²) in [5.41, 5.74) is 9.69. The lowest BCUT2D eigenvalue weighted by atomic mass is 9.80. The number of nitro benzene ring substituents is 2. The molecule has 3 aliphatic rings. The van der Waals surface area contributed by atoms with Crippen LogP contribution in [0.15, 0.2) is 169 Å². The van der Waals surface area contributed by atoms with Gasteiger partial charge in [0.2, 0.25) is 17.7 Å². The molecule has 1 aromatic heterocycles. The molecule has 394 valence electrons. The first-order valence-electron chi connectivity index (χ1n) is 23.4. The number of aromatic nitrogens is 1. The summed E-state index contributed by atoms with van der Waals surface area (Å²) >= 11 is 2.23. The van der Waals surface area contributed by atoms with E-state index in [0.29, 0.717) is 24.8 Å². The average Bonchev–Trinajstić information content (AvgIpc) is 4.15. The van der Waals surface area contributed by atoms with Gasteiger partial charge in [-0.3, -0.25) is 44.2 Å². The summed E-state index contributed by atoms with van der Waals surface area (Å²) in [6.07, 6.45) is 2.83. The largest absolute Gasteiger partial charge is 0.488 e. The molecule has 11 rings (SSSR count). The Morgan fingerprint density at radius 1 is 0.577 bits per heavy atom. The molecule has 0 fully saturated rings. The zero-order valence-electron chi connectivity index (χ0n) is 40.2. The van der Waals surface area contributed by atoms with Crippen LogP contribution in [0.2, 0.25) is 0 Å². The first kappa shape index (κ1) is 56.7. The summed E-state index contributed by atoms with van der Waals surface area (Å²) < 4.78 is 29.2. The quantitative estimate of drug-likeness (QED) is 0.0284. The lowest BCUT2D eigenvalue weighted by Gasteiger charge is -2.10. The molecule has 0 spiro atoms. The number of rotatable bonds is 10. The van der Waals surface area contributed by atoms with Crippen molar-refractivity contribution in [2.45, 2.75) is 39.7 Å². The minimum atomic E-state index is -1.66. The van der Waals surface area contributed by atoms with Gasteiger partial charge in [-0.2, -0.15) is 0 Å². The van der Waals surface area contributed by atoms with E-state index in [9.17, 15) is 53.0 Å². The number of benzene rings is 7. The van der Waals surface area contributed by atoms with Gasteiger partial charge in [-0.05, 0) is 127 Å². The predicted octanol–water partition coefficient (Wildman–Crippen LogP) is 9.21. The molecule has 7 aromatic carbocycles. The second kappa shape index (κ2) is 25.2. The normalized spacial score (nSPS) is 12.2. The third-order valence-corrected chi connectivity index (χ3v) is 12.9. The summed E-state index contributed by atoms with van der Waals surface area (Å²) in [6.45, 7) is 0.0154. The van der Waals surface area contributed by atoms with E-state index in [-0.39, 0.29) is 66.3 Å². The summed E-state index contributed by atoms with van der Waals surface area (Å²) in [5, 5.41) is 46.7. The molecule has 3 aliphatic heterocycles. The Hall–Kier alpha value is -9.06. The van der Waals surface area contributed by atoms with Gasteiger partial charge in [0.05, 0.1) is 41.2 Å². The van der Waals surface area contributed by atoms with Crippen molar-refractivity contribution in [1.82, 2.24) is 4.57 Å². The third kappa shape index (κ3) is 14.2. The number of carbonyl (C=O) groups is 4. The summed E-state index contributed by atoms with van der Waals surface area (Å²) in [5.74, 6) is -2.25. The maximum atomic E-state index is 13.5. The monoisotopic (exact) mass is 1170 g/mol. The Kier molecular flexibility index (Phi) is 18.3. The Morgan fingerprint density at radius 2 is 1.09 bits per heavy atom. The minimum Gasteiger partial charge on any atom is -0.423 e. The average molecular weight is 1170 g/mol. The lowest BCUT2D eigenvalue weighted by Crippen LogP contribution is -2.29. The zero-order valence-corrected chi connectivity index (χ0v) is 42.4. The molecule has 17 nitrogen and oxygen atoms in total. The van der Waals surface area contributed by atoms with Crippen molar-refractivity contribution < 1.29 is 47.9 Å². The molecule has 21 heteroatoms. The molecule has 4 heterocycles. The van der Waals surface area contributed by atoms with Crippen LogP contribution in [-0.2, 0) is 46.6 Å². The summed E-state index contributed by atoms with van der Waals surface area (Å²) in [6, 6.07) is 43.0. The van der Waals surface area contributed by atoms with Crippen LogP contribution in [0.4, 0.5) is 37.2 Å². The third-order valence-electron chi connectivity index (χ3n) is 12.2. The fourth-order valence-electron chi connectivity index (χ4n) is 8.42. The highest BCUT2D eigenvalue weighted by atomic mass is 127. The van der Waals surface area contributed by atoms with E-state index >= 15 is 0 Å². The first-order valence-corrected chi connectivity index (χ1v) is 24.5. The summed E-state index contributed by atoms with van der Waals surface area (Å²) in [4.78, 5) is 79.7. The van der Waals surface area contributed by atoms with Crippen LogP contribution in [-0.4, -0.2) is 55.1 Å². The predicted molar refractivity (Wildman–Crippen MR) is 300 cm³/mol. The standard InChI is InChI=1S/C28H20F2N2O3.C14H10N2O3.C8H6INO.C6H6BNO4.CH4/c29-23-9-6-18(12-24(23)30)16-32-10-2-5-22(28(32)35)26(33)13-17-3-1-4-19(11-17)20-7-8-21-15-27(34)31-25(21)14-20;17-14-8-11-5-4-10(7-13(11)15-14)9-2-1-3-12(6-9)16(18)19;9-6-2-1-5-3-8(11)10-7(5)4-6;9-7(10)5-2-1-3-6(4-5)8(11)12;/h1-12,14H,13,15-16H2,(H,31,34);1-7H,8H2,(H,15,17);1-2,4H,3H2,(H,10,11);1-4,9-10H;1H4. The molecule has 0 aliphatic carbocycles. The highest BCUT2D eigenvalue weighted by Gasteiger charge is 2.21. The second-order valence-electron chi connectivity index (χ2n) is 17.7. The van der Waals surface area contributed by atoms with Crippen molar-refractivity contribution in [3.05, 3.63) is 243 Å². The van der Waals surface area contributed by atoms with Gasteiger partial charge in [-0.15, -0.1) is 0 Å². The van der Waals surface area contributed by atoms with E-state index in [0.717, 1.165) is 83.3 Å². The number of hydrogen-bond donors (Lipinski definition) is 5. The molecule has 8 aromatic rings. The van der Waals surface area contributed by atoms with Gasteiger partial charge < -0.3 is 30.6 Å². The van der Waals surface area contributed by atoms with E-state index in [4.69, 9.17) is 10.0 Å². The molecule has 0 radical (unpaired) electrons. The van der Waals surface area contributed by atoms with Gasteiger partial charge in [0.15, 0.2) is 17.4 Å². The maximum Gasteiger partial charge on any atom is 0.488 e. The summed E-state index contributed by atoms with van der Waals surface area (Å²) in [7, 11) is -1.66. The molecule has 5 N–H and O–H groups in total. The minimum absolute atomic E-state index is 0. The van der Waals surface area contributed by atoms with E-state index in [1.54, 1.807) is 12.1 Å². The van der Waals surface area contributed by atoms with Gasteiger partial charge in [0.25, 0.3) is 16.9 Å². The van der Waals surface area contributed by atoms with Gasteiger partial charge in [-0.1, -0.05) is 92.4 Å². The molecular formula is C57H46BF2IN6O11. The number of nitrogens with zero attached hydrogens (tertiary/aromatic N) is 3. The number of ketones is 1. The number of fused-ring (bicyclic) bond motifs is 3. The van der Waals surface area contributed by atoms with Crippen molar-refractivity contribution in [2.75, 3.05) is 16.0 Å². The number of nitrogens with one attached hydrogen (secondary N) is 3. The molecule has 0 saturated carbocycles. The number of anilines is 3. The zero-order chi connectivity index (χ0) is 54.9. The highest BCUT2D eigenvalue weighted by molar-refractivity contribution is 14.1.